The van der Waals surface area contributed by atoms with Crippen molar-refractivity contribution in [1.29, 1.82) is 0 Å². The molecule has 2 N–H and O–H groups in total. The van der Waals surface area contributed by atoms with E-state index >= 15 is 0 Å². The number of carboxylic acid groups (broad SMARTS) is 1. The van der Waals surface area contributed by atoms with Crippen molar-refractivity contribution in [3.05, 3.63) is 64.2 Å². The van der Waals surface area contributed by atoms with Crippen LogP contribution in [0.2, 0.25) is 5.02 Å². The van der Waals surface area contributed by atoms with Crippen molar-refractivity contribution in [3.63, 3.8) is 0 Å². The number of alkyl halides is 6. The van der Waals surface area contributed by atoms with Crippen molar-refractivity contribution in [2.45, 2.75) is 35.8 Å². The Morgan fingerprint density at radius 2 is 1.41 bits per heavy atom. The third kappa shape index (κ3) is 6.25. The Labute approximate surface area is 212 Å². The van der Waals surface area contributed by atoms with E-state index in [1.54, 1.807) is 0 Å². The van der Waals surface area contributed by atoms with Crippen LogP contribution in [0.25, 0.3) is 0 Å². The van der Waals surface area contributed by atoms with E-state index in [4.69, 9.17) is 11.6 Å². The number of halogens is 7. The number of piperidine rings is 1. The van der Waals surface area contributed by atoms with Crippen LogP contribution in [0, 0.1) is 5.92 Å². The Hall–Kier alpha value is -2.68. The van der Waals surface area contributed by atoms with Crippen molar-refractivity contribution >= 4 is 33.9 Å². The number of likely N-dealkylation sites (tertiary alicyclic amines) is 1. The number of carbonyl (C=O) groups is 2. The van der Waals surface area contributed by atoms with Crippen molar-refractivity contribution in [1.82, 2.24) is 9.62 Å². The van der Waals surface area contributed by atoms with Crippen molar-refractivity contribution in [3.8, 4) is 0 Å². The highest BCUT2D eigenvalue weighted by atomic mass is 35.5. The summed E-state index contributed by atoms with van der Waals surface area (Å²) in [5, 5.41) is 9.39. The fraction of sp³-hybridized carbons (Fsp3) is 0.364. The number of hydrogen-bond donors (Lipinski definition) is 2. The molecule has 0 bridgehead atoms. The normalized spacial score (nSPS) is 17.8. The van der Waals surface area contributed by atoms with Gasteiger partial charge in [-0.2, -0.15) is 31.1 Å². The Kier molecular flexibility index (Phi) is 7.99. The molecule has 0 spiro atoms. The highest BCUT2D eigenvalue weighted by Gasteiger charge is 2.47. The monoisotopic (exact) mass is 572 g/mol. The molecule has 7 nitrogen and oxygen atoms in total. The lowest BCUT2D eigenvalue weighted by Crippen LogP contribution is -2.61. The van der Waals surface area contributed by atoms with Gasteiger partial charge in [-0.15, -0.1) is 0 Å². The van der Waals surface area contributed by atoms with E-state index < -0.39 is 61.5 Å². The summed E-state index contributed by atoms with van der Waals surface area (Å²) in [5.74, 6) is -2.09. The predicted molar refractivity (Wildman–Crippen MR) is 118 cm³/mol. The van der Waals surface area contributed by atoms with Crippen molar-refractivity contribution in [2.75, 3.05) is 13.1 Å². The SMILES string of the molecule is O=C[C@](NS(=O)(=O)c1ccc(Cl)cc1)(c1cc(C(F)(F)F)cc(C(F)(F)F)c1)N1CCC(C(=O)O)CC1. The van der Waals surface area contributed by atoms with Gasteiger partial charge in [-0.05, 0) is 60.9 Å². The zero-order valence-electron chi connectivity index (χ0n) is 18.6. The summed E-state index contributed by atoms with van der Waals surface area (Å²) in [5.41, 5.74) is -7.18. The number of aliphatic carboxylic acids is 1. The van der Waals surface area contributed by atoms with Gasteiger partial charge >= 0.3 is 18.3 Å². The average Bonchev–Trinajstić information content (AvgIpc) is 2.81. The van der Waals surface area contributed by atoms with Crippen molar-refractivity contribution in [2.24, 2.45) is 5.92 Å². The van der Waals surface area contributed by atoms with E-state index in [2.05, 4.69) is 0 Å². The summed E-state index contributed by atoms with van der Waals surface area (Å²) >= 11 is 5.76. The first kappa shape index (κ1) is 28.9. The number of carboxylic acids is 1. The number of sulfonamides is 1. The quantitative estimate of drug-likeness (QED) is 0.374. The van der Waals surface area contributed by atoms with Crippen LogP contribution in [-0.4, -0.2) is 43.8 Å². The van der Waals surface area contributed by atoms with Gasteiger partial charge in [0, 0.05) is 18.1 Å². The van der Waals surface area contributed by atoms with E-state index in [9.17, 15) is 49.5 Å². The maximum Gasteiger partial charge on any atom is 0.416 e. The third-order valence-corrected chi connectivity index (χ3v) is 7.68. The summed E-state index contributed by atoms with van der Waals surface area (Å²) in [6.07, 6.45) is -10.9. The van der Waals surface area contributed by atoms with Crippen LogP contribution < -0.4 is 4.72 Å². The van der Waals surface area contributed by atoms with Crippen LogP contribution in [0.1, 0.15) is 29.5 Å². The van der Waals surface area contributed by atoms with Gasteiger partial charge in [-0.25, -0.2) is 8.42 Å². The highest BCUT2D eigenvalue weighted by molar-refractivity contribution is 7.89. The molecule has 0 saturated carbocycles. The molecule has 202 valence electrons. The largest absolute Gasteiger partial charge is 0.481 e. The number of nitrogens with zero attached hydrogens (tertiary/aromatic N) is 1. The van der Waals surface area contributed by atoms with Crippen LogP contribution in [0.15, 0.2) is 47.4 Å². The van der Waals surface area contributed by atoms with Gasteiger partial charge in [-0.1, -0.05) is 11.6 Å². The lowest BCUT2D eigenvalue weighted by molar-refractivity contribution is -0.146. The summed E-state index contributed by atoms with van der Waals surface area (Å²) in [4.78, 5) is 24.5. The first-order valence-corrected chi connectivity index (χ1v) is 12.4. The van der Waals surface area contributed by atoms with Gasteiger partial charge < -0.3 is 5.11 Å². The molecule has 1 saturated heterocycles. The van der Waals surface area contributed by atoms with E-state index in [0.29, 0.717) is 0 Å². The molecule has 1 fully saturated rings. The van der Waals surface area contributed by atoms with Crippen LogP contribution in [-0.2, 0) is 37.6 Å². The summed E-state index contributed by atoms with van der Waals surface area (Å²) < 4.78 is 110. The van der Waals surface area contributed by atoms with Gasteiger partial charge in [0.2, 0.25) is 10.0 Å². The van der Waals surface area contributed by atoms with Crippen LogP contribution >= 0.6 is 11.6 Å². The van der Waals surface area contributed by atoms with Crippen LogP contribution in [0.4, 0.5) is 26.3 Å². The minimum atomic E-state index is -5.27. The molecule has 1 atom stereocenters. The number of carbonyl (C=O) groups excluding carboxylic acids is 1. The van der Waals surface area contributed by atoms with Gasteiger partial charge in [0.1, 0.15) is 0 Å². The molecule has 1 aliphatic rings. The van der Waals surface area contributed by atoms with E-state index in [0.717, 1.165) is 17.0 Å². The molecular formula is C22H19ClF6N2O5S. The minimum absolute atomic E-state index is 0.1000. The standard InChI is InChI=1S/C22H19ClF6N2O5S/c23-17-1-3-18(4-2-17)37(35,36)30-20(12-32,31-7-5-13(6-8-31)19(33)34)14-9-15(21(24,25)26)11-16(10-14)22(27,28)29/h1-4,9-13,30H,5-8H2,(H,33,34)/t20-/m1/s1. The smallest absolute Gasteiger partial charge is 0.416 e. The maximum absolute atomic E-state index is 13.6. The fourth-order valence-corrected chi connectivity index (χ4v) is 5.45. The second-order valence-electron chi connectivity index (χ2n) is 8.34. The van der Waals surface area contributed by atoms with Crippen LogP contribution in [0.5, 0.6) is 0 Å². The molecule has 0 amide bonds. The topological polar surface area (TPSA) is 104 Å². The Bertz CT molecular complexity index is 1240. The Morgan fingerprint density at radius 1 is 0.946 bits per heavy atom. The molecule has 1 heterocycles. The predicted octanol–water partition coefficient (Wildman–Crippen LogP) is 4.50. The average molecular weight is 573 g/mol. The maximum atomic E-state index is 13.6. The molecule has 15 heteroatoms. The molecule has 1 aliphatic heterocycles. The first-order valence-electron chi connectivity index (χ1n) is 10.5. The second kappa shape index (κ2) is 10.2. The summed E-state index contributed by atoms with van der Waals surface area (Å²) in [6, 6.07) is 4.80. The molecule has 3 rings (SSSR count). The van der Waals surface area contributed by atoms with Gasteiger partial charge in [0.05, 0.1) is 21.9 Å². The number of hydrogen-bond acceptors (Lipinski definition) is 5. The van der Waals surface area contributed by atoms with E-state index in [1.807, 2.05) is 4.72 Å². The zero-order valence-corrected chi connectivity index (χ0v) is 20.2. The molecule has 2 aromatic carbocycles. The Balaban J connectivity index is 2.24. The molecular weight excluding hydrogens is 554 g/mol. The number of rotatable bonds is 7. The first-order chi connectivity index (χ1) is 17.0. The summed E-state index contributed by atoms with van der Waals surface area (Å²) in [6.45, 7) is -0.646. The lowest BCUT2D eigenvalue weighted by Gasteiger charge is -2.43. The van der Waals surface area contributed by atoms with Gasteiger partial charge in [0.15, 0.2) is 11.9 Å². The lowest BCUT2D eigenvalue weighted by atomic mass is 9.90. The second-order valence-corrected chi connectivity index (χ2v) is 10.5. The molecule has 0 aromatic heterocycles. The van der Waals surface area contributed by atoms with Crippen LogP contribution in [0.3, 0.4) is 0 Å². The molecule has 0 unspecified atom stereocenters. The van der Waals surface area contributed by atoms with Crippen molar-refractivity contribution < 1.29 is 49.5 Å². The highest BCUT2D eigenvalue weighted by Crippen LogP contribution is 2.40. The summed E-state index contributed by atoms with van der Waals surface area (Å²) in [7, 11) is -4.73. The molecule has 0 aliphatic carbocycles. The number of aldehydes is 1. The number of benzene rings is 2. The van der Waals surface area contributed by atoms with Gasteiger partial charge in [0.25, 0.3) is 0 Å². The molecule has 37 heavy (non-hydrogen) atoms. The van der Waals surface area contributed by atoms with E-state index in [-0.39, 0.29) is 55.4 Å². The third-order valence-electron chi connectivity index (χ3n) is 5.96. The molecule has 0 radical (unpaired) electrons. The van der Waals surface area contributed by atoms with E-state index in [1.165, 1.54) is 12.1 Å². The Morgan fingerprint density at radius 3 is 1.81 bits per heavy atom. The zero-order chi connectivity index (χ0) is 27.8. The fourth-order valence-electron chi connectivity index (χ4n) is 4.00. The number of nitrogens with one attached hydrogen (secondary N) is 1. The van der Waals surface area contributed by atoms with Gasteiger partial charge in [-0.3, -0.25) is 14.5 Å². The minimum Gasteiger partial charge on any atom is -0.481 e. The molecule has 2 aromatic rings.